The van der Waals surface area contributed by atoms with Gasteiger partial charge in [0.15, 0.2) is 5.78 Å². The fourth-order valence-corrected chi connectivity index (χ4v) is 1.81. The summed E-state index contributed by atoms with van der Waals surface area (Å²) in [6, 6.07) is 3.36. The molecule has 1 aromatic rings. The van der Waals surface area contributed by atoms with Gasteiger partial charge in [0.1, 0.15) is 0 Å². The fraction of sp³-hybridized carbons (Fsp3) is 0.357. The summed E-state index contributed by atoms with van der Waals surface area (Å²) < 4.78 is 41.7. The maximum absolute atomic E-state index is 12.4. The van der Waals surface area contributed by atoms with Crippen LogP contribution in [0.2, 0.25) is 0 Å². The molecule has 22 heavy (non-hydrogen) atoms. The number of alkyl halides is 3. The third-order valence-corrected chi connectivity index (χ3v) is 2.93. The lowest BCUT2D eigenvalue weighted by Crippen LogP contribution is -2.22. The Morgan fingerprint density at radius 1 is 1.14 bits per heavy atom. The standard InChI is InChI=1S/C14H13F3O5/c1-22-12(20)7-9(6-11(18)19)13(21)8-2-4-10(5-3-8)14(15,16)17/h2-5,9H,6-7H2,1H3,(H,18,19). The van der Waals surface area contributed by atoms with E-state index in [0.29, 0.717) is 0 Å². The molecule has 0 aromatic heterocycles. The molecule has 0 fully saturated rings. The van der Waals surface area contributed by atoms with Gasteiger partial charge >= 0.3 is 18.1 Å². The first-order chi connectivity index (χ1) is 10.1. The van der Waals surface area contributed by atoms with Crippen LogP contribution in [0.1, 0.15) is 28.8 Å². The van der Waals surface area contributed by atoms with Gasteiger partial charge in [-0.05, 0) is 12.1 Å². The maximum atomic E-state index is 12.4. The predicted octanol–water partition coefficient (Wildman–Crippen LogP) is 2.54. The van der Waals surface area contributed by atoms with Crippen molar-refractivity contribution in [2.75, 3.05) is 7.11 Å². The minimum atomic E-state index is -4.53. The molecule has 0 radical (unpaired) electrons. The van der Waals surface area contributed by atoms with Crippen molar-refractivity contribution in [1.29, 1.82) is 0 Å². The summed E-state index contributed by atoms with van der Waals surface area (Å²) in [5, 5.41) is 8.76. The van der Waals surface area contributed by atoms with Crippen LogP contribution in [-0.4, -0.2) is 29.9 Å². The first-order valence-electron chi connectivity index (χ1n) is 6.15. The van der Waals surface area contributed by atoms with E-state index >= 15 is 0 Å². The van der Waals surface area contributed by atoms with Crippen LogP contribution in [-0.2, 0) is 20.5 Å². The highest BCUT2D eigenvalue weighted by Crippen LogP contribution is 2.29. The van der Waals surface area contributed by atoms with Crippen LogP contribution in [0, 0.1) is 5.92 Å². The van der Waals surface area contributed by atoms with Crippen molar-refractivity contribution in [1.82, 2.24) is 0 Å². The van der Waals surface area contributed by atoms with Gasteiger partial charge in [0, 0.05) is 11.5 Å². The van der Waals surface area contributed by atoms with Crippen LogP contribution in [0.5, 0.6) is 0 Å². The summed E-state index contributed by atoms with van der Waals surface area (Å²) in [4.78, 5) is 34.1. The van der Waals surface area contributed by atoms with Crippen LogP contribution in [0.4, 0.5) is 13.2 Å². The number of halogens is 3. The Labute approximate surface area is 123 Å². The molecule has 0 heterocycles. The molecule has 0 aliphatic carbocycles. The van der Waals surface area contributed by atoms with Gasteiger partial charge < -0.3 is 9.84 Å². The molecule has 0 aliphatic rings. The molecule has 1 unspecified atom stereocenters. The van der Waals surface area contributed by atoms with Crippen molar-refractivity contribution in [2.24, 2.45) is 5.92 Å². The van der Waals surface area contributed by atoms with Gasteiger partial charge in [-0.25, -0.2) is 0 Å². The number of esters is 1. The van der Waals surface area contributed by atoms with Gasteiger partial charge in [0.2, 0.25) is 0 Å². The molecule has 0 amide bonds. The van der Waals surface area contributed by atoms with Crippen LogP contribution < -0.4 is 0 Å². The summed E-state index contributed by atoms with van der Waals surface area (Å²) in [5.41, 5.74) is -1.02. The van der Waals surface area contributed by atoms with Crippen LogP contribution >= 0.6 is 0 Å². The number of ketones is 1. The number of hydrogen-bond donors (Lipinski definition) is 1. The van der Waals surface area contributed by atoms with Crippen LogP contribution in [0.3, 0.4) is 0 Å². The second-order valence-electron chi connectivity index (χ2n) is 4.51. The molecule has 5 nitrogen and oxygen atoms in total. The number of carbonyl (C=O) groups is 3. The summed E-state index contributed by atoms with van der Waals surface area (Å²) in [6.07, 6.45) is -5.61. The normalized spacial score (nSPS) is 12.5. The molecule has 0 spiro atoms. The second-order valence-corrected chi connectivity index (χ2v) is 4.51. The Morgan fingerprint density at radius 3 is 2.09 bits per heavy atom. The molecule has 1 aromatic carbocycles. The smallest absolute Gasteiger partial charge is 0.416 e. The topological polar surface area (TPSA) is 80.7 Å². The Kier molecular flexibility index (Phi) is 5.67. The molecular weight excluding hydrogens is 305 g/mol. The lowest BCUT2D eigenvalue weighted by molar-refractivity contribution is -0.142. The van der Waals surface area contributed by atoms with Crippen LogP contribution in [0.25, 0.3) is 0 Å². The highest BCUT2D eigenvalue weighted by molar-refractivity contribution is 6.00. The first kappa shape index (κ1) is 17.7. The molecule has 120 valence electrons. The van der Waals surface area contributed by atoms with E-state index < -0.39 is 48.2 Å². The number of aliphatic carboxylic acids is 1. The number of carboxylic acid groups (broad SMARTS) is 1. The molecule has 0 saturated carbocycles. The van der Waals surface area contributed by atoms with E-state index in [-0.39, 0.29) is 5.56 Å². The minimum absolute atomic E-state index is 0.0943. The van der Waals surface area contributed by atoms with Crippen molar-refractivity contribution in [2.45, 2.75) is 19.0 Å². The second kappa shape index (κ2) is 7.06. The molecular formula is C14H13F3O5. The summed E-state index contributed by atoms with van der Waals surface area (Å²) in [5.74, 6) is -3.98. The van der Waals surface area contributed by atoms with Gasteiger partial charge in [-0.3, -0.25) is 14.4 Å². The Balaban J connectivity index is 2.97. The molecule has 1 rings (SSSR count). The monoisotopic (exact) mass is 318 g/mol. The maximum Gasteiger partial charge on any atom is 0.416 e. The van der Waals surface area contributed by atoms with E-state index in [4.69, 9.17) is 5.11 Å². The number of Topliss-reactive ketones (excluding diaryl/α,β-unsaturated/α-hetero) is 1. The highest BCUT2D eigenvalue weighted by atomic mass is 19.4. The molecule has 0 saturated heterocycles. The molecule has 0 bridgehead atoms. The molecule has 8 heteroatoms. The fourth-order valence-electron chi connectivity index (χ4n) is 1.81. The summed E-state index contributed by atoms with van der Waals surface area (Å²) in [6.45, 7) is 0. The Hall–Kier alpha value is -2.38. The van der Waals surface area contributed by atoms with Gasteiger partial charge in [-0.1, -0.05) is 12.1 Å². The number of methoxy groups -OCH3 is 1. The van der Waals surface area contributed by atoms with Crippen molar-refractivity contribution < 1.29 is 37.4 Å². The van der Waals surface area contributed by atoms with E-state index in [1.165, 1.54) is 0 Å². The van der Waals surface area contributed by atoms with E-state index in [9.17, 15) is 27.6 Å². The number of benzene rings is 1. The Bertz CT molecular complexity index is 563. The molecule has 1 N–H and O–H groups in total. The van der Waals surface area contributed by atoms with Gasteiger partial charge in [0.25, 0.3) is 0 Å². The Morgan fingerprint density at radius 2 is 1.68 bits per heavy atom. The zero-order chi connectivity index (χ0) is 16.9. The lowest BCUT2D eigenvalue weighted by atomic mass is 9.91. The van der Waals surface area contributed by atoms with E-state index in [0.717, 1.165) is 31.4 Å². The SMILES string of the molecule is COC(=O)CC(CC(=O)O)C(=O)c1ccc(C(F)(F)F)cc1. The van der Waals surface area contributed by atoms with E-state index in [1.807, 2.05) is 0 Å². The number of ether oxygens (including phenoxy) is 1. The van der Waals surface area contributed by atoms with Crippen LogP contribution in [0.15, 0.2) is 24.3 Å². The van der Waals surface area contributed by atoms with Crippen molar-refractivity contribution in [3.63, 3.8) is 0 Å². The lowest BCUT2D eigenvalue weighted by Gasteiger charge is -2.13. The summed E-state index contributed by atoms with van der Waals surface area (Å²) >= 11 is 0. The third-order valence-electron chi connectivity index (χ3n) is 2.93. The van der Waals surface area contributed by atoms with E-state index in [2.05, 4.69) is 4.74 Å². The minimum Gasteiger partial charge on any atom is -0.481 e. The van der Waals surface area contributed by atoms with Crippen molar-refractivity contribution in [3.05, 3.63) is 35.4 Å². The first-order valence-corrected chi connectivity index (χ1v) is 6.15. The molecule has 1 atom stereocenters. The predicted molar refractivity (Wildman–Crippen MR) is 68.2 cm³/mol. The third kappa shape index (κ3) is 4.87. The zero-order valence-electron chi connectivity index (χ0n) is 11.5. The van der Waals surface area contributed by atoms with Crippen molar-refractivity contribution >= 4 is 17.7 Å². The average Bonchev–Trinajstić information content (AvgIpc) is 2.44. The van der Waals surface area contributed by atoms with Gasteiger partial charge in [-0.2, -0.15) is 13.2 Å². The summed E-state index contributed by atoms with van der Waals surface area (Å²) in [7, 11) is 1.09. The number of carboxylic acids is 1. The van der Waals surface area contributed by atoms with Gasteiger partial charge in [0.05, 0.1) is 25.5 Å². The average molecular weight is 318 g/mol. The van der Waals surface area contributed by atoms with Crippen molar-refractivity contribution in [3.8, 4) is 0 Å². The quantitative estimate of drug-likeness (QED) is 0.644. The highest BCUT2D eigenvalue weighted by Gasteiger charge is 2.31. The largest absolute Gasteiger partial charge is 0.481 e. The zero-order valence-corrected chi connectivity index (χ0v) is 11.5. The van der Waals surface area contributed by atoms with Gasteiger partial charge in [-0.15, -0.1) is 0 Å². The van der Waals surface area contributed by atoms with E-state index in [1.54, 1.807) is 0 Å². The molecule has 0 aliphatic heterocycles. The number of carbonyl (C=O) groups excluding carboxylic acids is 2. The number of rotatable bonds is 6. The number of hydrogen-bond acceptors (Lipinski definition) is 4.